The van der Waals surface area contributed by atoms with E-state index in [2.05, 4.69) is 38.3 Å². The van der Waals surface area contributed by atoms with Crippen LogP contribution in [0.15, 0.2) is 0 Å². The Morgan fingerprint density at radius 3 is 2.60 bits per heavy atom. The second-order valence-corrected chi connectivity index (χ2v) is 7.51. The minimum Gasteiger partial charge on any atom is -0.393 e. The maximum Gasteiger partial charge on any atom is 0.314 e. The van der Waals surface area contributed by atoms with Gasteiger partial charge in [-0.2, -0.15) is 0 Å². The highest BCUT2D eigenvalue weighted by Gasteiger charge is 2.22. The minimum atomic E-state index is -0.177. The van der Waals surface area contributed by atoms with E-state index < -0.39 is 0 Å². The number of nitrogens with one attached hydrogen (secondary N) is 2. The Kier molecular flexibility index (Phi) is 6.80. The first-order valence-electron chi connectivity index (χ1n) is 7.98. The van der Waals surface area contributed by atoms with Crippen LogP contribution in [-0.4, -0.2) is 30.3 Å². The lowest BCUT2D eigenvalue weighted by molar-refractivity contribution is 0.101. The summed E-state index contributed by atoms with van der Waals surface area (Å²) >= 11 is 0. The number of amides is 2. The van der Waals surface area contributed by atoms with Crippen LogP contribution in [0.1, 0.15) is 59.8 Å². The van der Waals surface area contributed by atoms with Gasteiger partial charge in [0.1, 0.15) is 0 Å². The smallest absolute Gasteiger partial charge is 0.314 e. The molecule has 2 unspecified atom stereocenters. The van der Waals surface area contributed by atoms with Gasteiger partial charge in [-0.15, -0.1) is 0 Å². The topological polar surface area (TPSA) is 61.4 Å². The van der Waals surface area contributed by atoms with E-state index in [1.165, 1.54) is 0 Å². The fourth-order valence-electron chi connectivity index (χ4n) is 3.24. The molecule has 1 aliphatic rings. The van der Waals surface area contributed by atoms with Gasteiger partial charge in [0.05, 0.1) is 6.10 Å². The van der Waals surface area contributed by atoms with Crippen LogP contribution < -0.4 is 10.6 Å². The predicted molar refractivity (Wildman–Crippen MR) is 82.6 cm³/mol. The first-order chi connectivity index (χ1) is 9.28. The van der Waals surface area contributed by atoms with Crippen molar-refractivity contribution < 1.29 is 9.90 Å². The highest BCUT2D eigenvalue weighted by Crippen LogP contribution is 2.24. The van der Waals surface area contributed by atoms with Crippen molar-refractivity contribution in [2.75, 3.05) is 13.1 Å². The van der Waals surface area contributed by atoms with Gasteiger partial charge in [0.25, 0.3) is 0 Å². The molecule has 4 nitrogen and oxygen atoms in total. The molecule has 0 aromatic carbocycles. The number of aliphatic hydroxyl groups excluding tert-OH is 1. The van der Waals surface area contributed by atoms with Gasteiger partial charge in [-0.05, 0) is 42.9 Å². The largest absolute Gasteiger partial charge is 0.393 e. The van der Waals surface area contributed by atoms with Crippen LogP contribution in [0, 0.1) is 17.3 Å². The summed E-state index contributed by atoms with van der Waals surface area (Å²) in [5.41, 5.74) is 0.131. The Labute approximate surface area is 123 Å². The van der Waals surface area contributed by atoms with Crippen molar-refractivity contribution in [2.45, 2.75) is 65.9 Å². The SMILES string of the molecule is CC(C)CC(C)(C)CNC(=O)NCC1CCCC(O)C1. The number of carbonyl (C=O) groups excluding carboxylic acids is 1. The zero-order valence-electron chi connectivity index (χ0n) is 13.5. The van der Waals surface area contributed by atoms with Crippen molar-refractivity contribution >= 4 is 6.03 Å². The van der Waals surface area contributed by atoms with Crippen molar-refractivity contribution in [3.05, 3.63) is 0 Å². The van der Waals surface area contributed by atoms with Crippen LogP contribution in [-0.2, 0) is 0 Å². The molecule has 4 heteroatoms. The molecule has 3 N–H and O–H groups in total. The summed E-state index contributed by atoms with van der Waals surface area (Å²) in [6, 6.07) is -0.0816. The Balaban J connectivity index is 2.20. The average Bonchev–Trinajstić information content (AvgIpc) is 2.32. The lowest BCUT2D eigenvalue weighted by atomic mass is 9.84. The monoisotopic (exact) mass is 284 g/mol. The van der Waals surface area contributed by atoms with E-state index in [1.807, 2.05) is 0 Å². The van der Waals surface area contributed by atoms with Crippen LogP contribution in [0.3, 0.4) is 0 Å². The third-order valence-corrected chi connectivity index (χ3v) is 3.99. The zero-order valence-corrected chi connectivity index (χ0v) is 13.5. The molecule has 0 saturated heterocycles. The van der Waals surface area contributed by atoms with Crippen LogP contribution in [0.5, 0.6) is 0 Å². The van der Waals surface area contributed by atoms with Crippen LogP contribution in [0.4, 0.5) is 4.79 Å². The maximum atomic E-state index is 11.8. The number of hydrogen-bond acceptors (Lipinski definition) is 2. The molecular weight excluding hydrogens is 252 g/mol. The number of hydrogen-bond donors (Lipinski definition) is 3. The molecule has 0 aromatic heterocycles. The van der Waals surface area contributed by atoms with E-state index in [4.69, 9.17) is 0 Å². The van der Waals surface area contributed by atoms with E-state index in [0.29, 0.717) is 24.9 Å². The Hall–Kier alpha value is -0.770. The molecule has 0 spiro atoms. The summed E-state index contributed by atoms with van der Waals surface area (Å²) in [5, 5.41) is 15.5. The number of aliphatic hydroxyl groups is 1. The lowest BCUT2D eigenvalue weighted by Gasteiger charge is -2.28. The molecule has 2 amide bonds. The first-order valence-corrected chi connectivity index (χ1v) is 7.98. The molecule has 2 atom stereocenters. The van der Waals surface area contributed by atoms with Crippen molar-refractivity contribution in [2.24, 2.45) is 17.3 Å². The Morgan fingerprint density at radius 2 is 2.00 bits per heavy atom. The van der Waals surface area contributed by atoms with Crippen LogP contribution in [0.2, 0.25) is 0 Å². The van der Waals surface area contributed by atoms with Gasteiger partial charge in [0.15, 0.2) is 0 Å². The molecule has 0 aromatic rings. The summed E-state index contributed by atoms with van der Waals surface area (Å²) in [5.74, 6) is 1.06. The Morgan fingerprint density at radius 1 is 1.30 bits per heavy atom. The molecule has 0 radical (unpaired) electrons. The fourth-order valence-corrected chi connectivity index (χ4v) is 3.24. The minimum absolute atomic E-state index is 0.0816. The van der Waals surface area contributed by atoms with E-state index in [-0.39, 0.29) is 17.6 Å². The third-order valence-electron chi connectivity index (χ3n) is 3.99. The van der Waals surface area contributed by atoms with Crippen LogP contribution >= 0.6 is 0 Å². The van der Waals surface area contributed by atoms with Gasteiger partial charge in [-0.1, -0.05) is 34.1 Å². The van der Waals surface area contributed by atoms with Gasteiger partial charge in [0, 0.05) is 13.1 Å². The summed E-state index contributed by atoms with van der Waals surface area (Å²) in [6.45, 7) is 10.2. The Bertz CT molecular complexity index is 303. The van der Waals surface area contributed by atoms with E-state index in [1.54, 1.807) is 0 Å². The standard InChI is InChI=1S/C16H32N2O2/c1-12(2)9-16(3,4)11-18-15(20)17-10-13-6-5-7-14(19)8-13/h12-14,19H,5-11H2,1-4H3,(H2,17,18,20). The lowest BCUT2D eigenvalue weighted by Crippen LogP contribution is -2.43. The summed E-state index contributed by atoms with van der Waals surface area (Å²) < 4.78 is 0. The summed E-state index contributed by atoms with van der Waals surface area (Å²) in [7, 11) is 0. The molecule has 1 saturated carbocycles. The van der Waals surface area contributed by atoms with Gasteiger partial charge in [-0.3, -0.25) is 0 Å². The van der Waals surface area contributed by atoms with Crippen molar-refractivity contribution in [3.8, 4) is 0 Å². The maximum absolute atomic E-state index is 11.8. The van der Waals surface area contributed by atoms with Crippen LogP contribution in [0.25, 0.3) is 0 Å². The number of rotatable bonds is 6. The van der Waals surface area contributed by atoms with E-state index in [0.717, 1.165) is 32.1 Å². The molecule has 1 rings (SSSR count). The number of carbonyl (C=O) groups is 1. The third kappa shape index (κ3) is 7.13. The molecule has 0 heterocycles. The molecule has 0 aliphatic heterocycles. The fraction of sp³-hybridized carbons (Fsp3) is 0.938. The van der Waals surface area contributed by atoms with Gasteiger partial charge >= 0.3 is 6.03 Å². The normalized spacial score (nSPS) is 23.7. The second-order valence-electron chi connectivity index (χ2n) is 7.51. The van der Waals surface area contributed by atoms with Gasteiger partial charge in [-0.25, -0.2) is 4.79 Å². The highest BCUT2D eigenvalue weighted by molar-refractivity contribution is 5.73. The quantitative estimate of drug-likeness (QED) is 0.702. The van der Waals surface area contributed by atoms with E-state index >= 15 is 0 Å². The summed E-state index contributed by atoms with van der Waals surface area (Å²) in [6.07, 6.45) is 4.82. The first kappa shape index (κ1) is 17.3. The molecule has 0 bridgehead atoms. The zero-order chi connectivity index (χ0) is 15.2. The van der Waals surface area contributed by atoms with Crippen molar-refractivity contribution in [3.63, 3.8) is 0 Å². The average molecular weight is 284 g/mol. The molecule has 20 heavy (non-hydrogen) atoms. The van der Waals surface area contributed by atoms with Crippen molar-refractivity contribution in [1.82, 2.24) is 10.6 Å². The predicted octanol–water partition coefficient (Wildman–Crippen LogP) is 2.91. The molecule has 118 valence electrons. The highest BCUT2D eigenvalue weighted by atomic mass is 16.3. The van der Waals surface area contributed by atoms with E-state index in [9.17, 15) is 9.90 Å². The molecular formula is C16H32N2O2. The molecule has 1 fully saturated rings. The molecule has 1 aliphatic carbocycles. The van der Waals surface area contributed by atoms with Gasteiger partial charge in [0.2, 0.25) is 0 Å². The second kappa shape index (κ2) is 7.87. The number of urea groups is 1. The van der Waals surface area contributed by atoms with Gasteiger partial charge < -0.3 is 15.7 Å². The van der Waals surface area contributed by atoms with Crippen molar-refractivity contribution in [1.29, 1.82) is 0 Å². The summed E-state index contributed by atoms with van der Waals surface area (Å²) in [4.78, 5) is 11.8.